The number of ether oxygens (including phenoxy) is 5. The van der Waals surface area contributed by atoms with Gasteiger partial charge in [-0.2, -0.15) is 0 Å². The minimum absolute atomic E-state index is 0.0136. The highest BCUT2D eigenvalue weighted by Gasteiger charge is 2.63. The molecular formula is C85H110ClN15O20S4. The van der Waals surface area contributed by atoms with E-state index in [0.29, 0.717) is 46.0 Å². The van der Waals surface area contributed by atoms with Crippen molar-refractivity contribution in [1.82, 2.24) is 57.4 Å². The molecule has 7 heterocycles. The maximum Gasteiger partial charge on any atom is 0.409 e. The number of unbranched alkanes of at least 4 members (excludes halogenated alkanes) is 1. The van der Waals surface area contributed by atoms with Crippen molar-refractivity contribution in [3.8, 4) is 11.5 Å². The van der Waals surface area contributed by atoms with Crippen molar-refractivity contribution in [3.63, 3.8) is 0 Å². The summed E-state index contributed by atoms with van der Waals surface area (Å²) in [6.45, 7) is 7.98. The average Bonchev–Trinajstić information content (AvgIpc) is 1.05. The minimum atomic E-state index is -1.98. The number of H-pyrrole nitrogens is 2. The minimum Gasteiger partial charge on any atom is -0.508 e. The van der Waals surface area contributed by atoms with Crippen LogP contribution in [0.15, 0.2) is 121 Å². The first-order valence-electron chi connectivity index (χ1n) is 40.7. The fraction of sp³-hybridized carbons (Fsp3) is 0.482. The lowest BCUT2D eigenvalue weighted by molar-refractivity contribution is -0.328. The molecular weight excluding hydrogens is 1710 g/mol. The smallest absolute Gasteiger partial charge is 0.409 e. The third kappa shape index (κ3) is 25.2. The first kappa shape index (κ1) is 97.1. The number of rotatable bonds is 27. The Bertz CT molecular complexity index is 4970. The standard InChI is InChI=1S/C85H110ClN15O20S4/c1-45-17-16-23-66(118-9)85(116)38-68(120-82(115)99-85)84(5)44-83(4,121-84)67(37-70(105)101(7)64-33-49(31-45)34-65(117-8)71(64)86)119-81(114)46(2)100(6)69(104)28-30-122-123-41-61(73(89)106)95-79(112)63-43-125-124-42-62(96-74(107)55(88)35-50-39-90-56-20-12-10-18-53(50)56)78(111)93-59(32-48-24-26-52(103)27-25-48)76(109)94-60(36-51-40-91-57-21-13-11-19-54(51)57)77(110)92-58(22-14-15-29-87)75(108)98-72(47(3)102)80(113)97-63/h10-13,16-21,23-27,33-34,39-40,46-47,55,58-63,66-68,72,90-91,102-103,116H,14-15,22,28-32,35-38,41-44,87-88H2,1-9H3,(H2,89,106)(H,92,110)(H,93,111)(H,94,109)(H,95,112)(H,96,107)(H,97,113)(H,98,108)(H,99,115)/b23-16+,45-17+/t46-,47+,55+,58-,59-,60+,61-,62-,63-,66+,67-,68-,72-,83+,84?,85-/m0/s1. The Morgan fingerprint density at radius 3 is 2.10 bits per heavy atom. The van der Waals surface area contributed by atoms with E-state index in [1.807, 2.05) is 37.3 Å². The molecule has 676 valence electrons. The Kier molecular flexibility index (Phi) is 34.1. The number of alkyl carbamates (subject to hydrolysis) is 1. The number of hydrogen-bond acceptors (Lipinski definition) is 26. The molecule has 0 saturated carbocycles. The lowest BCUT2D eigenvalue weighted by Gasteiger charge is -2.59. The monoisotopic (exact) mass is 1820 g/mol. The number of aliphatic hydroxyl groups excluding tert-OH is 1. The second kappa shape index (κ2) is 43.9. The fourth-order valence-corrected chi connectivity index (χ4v) is 20.1. The molecule has 11 rings (SSSR count). The zero-order chi connectivity index (χ0) is 90.8. The van der Waals surface area contributed by atoms with E-state index in [4.69, 9.17) is 52.5 Å². The van der Waals surface area contributed by atoms with Crippen LogP contribution in [0.5, 0.6) is 11.5 Å². The van der Waals surface area contributed by atoms with E-state index in [9.17, 15) is 58.5 Å². The summed E-state index contributed by atoms with van der Waals surface area (Å²) in [4.78, 5) is 182. The van der Waals surface area contributed by atoms with Gasteiger partial charge in [-0.3, -0.25) is 53.3 Å². The molecule has 1 unspecified atom stereocenters. The summed E-state index contributed by atoms with van der Waals surface area (Å²) in [6, 6.07) is 10.4. The Labute approximate surface area is 743 Å². The van der Waals surface area contributed by atoms with Crippen molar-refractivity contribution < 1.29 is 96.5 Å². The molecule has 4 aromatic carbocycles. The average molecular weight is 1830 g/mol. The molecule has 0 aliphatic carbocycles. The number of benzene rings is 4. The Hall–Kier alpha value is -10.1. The number of aliphatic hydroxyl groups is 2. The topological polar surface area (TPSA) is 524 Å². The van der Waals surface area contributed by atoms with Crippen LogP contribution in [0, 0.1) is 0 Å². The number of carbonyl (C=O) groups is 12. The van der Waals surface area contributed by atoms with Gasteiger partial charge in [-0.25, -0.2) is 9.59 Å². The molecule has 35 nitrogen and oxygen atoms in total. The summed E-state index contributed by atoms with van der Waals surface area (Å²) in [6.07, 6.45) is 1.99. The highest BCUT2D eigenvalue weighted by Crippen LogP contribution is 2.51. The van der Waals surface area contributed by atoms with Crippen LogP contribution in [0.25, 0.3) is 21.8 Å². The summed E-state index contributed by atoms with van der Waals surface area (Å²) in [5, 5.41) is 56.6. The number of aromatic amines is 2. The molecule has 6 bridgehead atoms. The van der Waals surface area contributed by atoms with Crippen LogP contribution in [0.3, 0.4) is 0 Å². The number of phenolic OH excluding ortho intramolecular Hbond substituents is 1. The van der Waals surface area contributed by atoms with Crippen molar-refractivity contribution in [2.24, 2.45) is 17.2 Å². The van der Waals surface area contributed by atoms with E-state index in [2.05, 4.69) is 52.5 Å². The number of nitrogens with one attached hydrogen (secondary N) is 10. The summed E-state index contributed by atoms with van der Waals surface area (Å²) in [7, 11) is 9.70. The molecule has 16 atom stereocenters. The quantitative estimate of drug-likeness (QED) is 0.0197. The van der Waals surface area contributed by atoms with Crippen LogP contribution in [0.1, 0.15) is 102 Å². The number of halogens is 1. The molecule has 6 aromatic rings. The number of carbonyl (C=O) groups excluding carboxylic acids is 12. The van der Waals surface area contributed by atoms with Crippen LogP contribution in [-0.4, -0.2) is 255 Å². The van der Waals surface area contributed by atoms with Gasteiger partial charge in [0.2, 0.25) is 59.1 Å². The number of nitrogens with zero attached hydrogens (tertiary/aromatic N) is 2. The molecule has 0 spiro atoms. The maximum absolute atomic E-state index is 15.1. The predicted octanol–water partition coefficient (Wildman–Crippen LogP) is 3.94. The largest absolute Gasteiger partial charge is 0.508 e. The number of primary amides is 1. The lowest BCUT2D eigenvalue weighted by Crippen LogP contribution is -2.72. The first-order valence-corrected chi connectivity index (χ1v) is 46.1. The van der Waals surface area contributed by atoms with Crippen LogP contribution in [0.4, 0.5) is 10.5 Å². The number of para-hydroxylation sites is 2. The molecule has 125 heavy (non-hydrogen) atoms. The van der Waals surface area contributed by atoms with E-state index in [1.54, 1.807) is 74.8 Å². The Balaban J connectivity index is 0.850. The second-order valence-electron chi connectivity index (χ2n) is 32.0. The molecule has 40 heteroatoms. The van der Waals surface area contributed by atoms with Gasteiger partial charge in [-0.1, -0.05) is 127 Å². The van der Waals surface area contributed by atoms with Gasteiger partial charge in [0.25, 0.3) is 0 Å². The van der Waals surface area contributed by atoms with Crippen LogP contribution < -0.4 is 69.4 Å². The summed E-state index contributed by atoms with van der Waals surface area (Å²) < 4.78 is 30.0. The van der Waals surface area contributed by atoms with Crippen molar-refractivity contribution >= 4 is 153 Å². The fourth-order valence-electron chi connectivity index (χ4n) is 15.3. The van der Waals surface area contributed by atoms with Gasteiger partial charge >= 0.3 is 12.1 Å². The van der Waals surface area contributed by atoms with Gasteiger partial charge in [0, 0.05) is 111 Å². The lowest BCUT2D eigenvalue weighted by atomic mass is 9.72. The van der Waals surface area contributed by atoms with Gasteiger partial charge in [-0.15, -0.1) is 0 Å². The molecule has 3 fully saturated rings. The third-order valence-corrected chi connectivity index (χ3v) is 27.7. The zero-order valence-corrected chi connectivity index (χ0v) is 74.7. The van der Waals surface area contributed by atoms with E-state index in [0.717, 1.165) is 64.6 Å². The number of hydrogen-bond donors (Lipinski definition) is 16. The van der Waals surface area contributed by atoms with Crippen LogP contribution >= 0.6 is 54.8 Å². The molecule has 3 saturated heterocycles. The van der Waals surface area contributed by atoms with Crippen LogP contribution in [0.2, 0.25) is 5.02 Å². The molecule has 5 aliphatic heterocycles. The number of likely N-dealkylation sites (N-methyl/N-ethyl adjacent to an activating group) is 1. The van der Waals surface area contributed by atoms with Gasteiger partial charge in [0.05, 0.1) is 31.4 Å². The van der Waals surface area contributed by atoms with Crippen molar-refractivity contribution in [1.29, 1.82) is 0 Å². The normalized spacial score (nSPS) is 26.2. The number of methoxy groups -OCH3 is 2. The SMILES string of the molecule is COc1cc2cc(c1Cl)N(C)C(=O)C[C@H](OC(=O)[C@H](C)N(C)C(=O)CCSSC[C@H](NC(=O)[C@@H]1CSSC[C@H](NC(=O)[C@H](N)Cc3c[nH]c4ccccc34)C(=O)N[C@@H](Cc3ccc(O)cc3)C(=O)N[C@H](Cc3c[nH]c4ccccc34)C(=O)N[C@@H](CCCCN)C(=O)N[C@@H]([C@@H](C)O)C(=O)N1)C(N)=O)[C@@]1(C)CC(C)(O1)[C@@H]1C[C@@](O)(NC(=O)O1)[C@H](OC)/C=C/C=C(\C)C2. The van der Waals surface area contributed by atoms with Gasteiger partial charge in [-0.05, 0) is 132 Å². The summed E-state index contributed by atoms with van der Waals surface area (Å²) in [5.41, 5.74) is 18.8. The number of aromatic nitrogens is 2. The van der Waals surface area contributed by atoms with E-state index < -0.39 is 173 Å². The summed E-state index contributed by atoms with van der Waals surface area (Å²) in [5.74, 6) is -10.2. The highest BCUT2D eigenvalue weighted by atomic mass is 35.5. The van der Waals surface area contributed by atoms with Crippen LogP contribution in [-0.2, 0) is 97.4 Å². The first-order chi connectivity index (χ1) is 59.4. The summed E-state index contributed by atoms with van der Waals surface area (Å²) >= 11 is 6.90. The Morgan fingerprint density at radius 1 is 0.808 bits per heavy atom. The molecule has 11 amide bonds. The number of esters is 1. The number of amides is 11. The van der Waals surface area contributed by atoms with Gasteiger partial charge < -0.3 is 113 Å². The number of anilines is 1. The van der Waals surface area contributed by atoms with E-state index in [1.165, 1.54) is 71.3 Å². The predicted molar refractivity (Wildman–Crippen MR) is 477 cm³/mol. The number of aromatic hydroxyl groups is 1. The molecule has 2 aromatic heterocycles. The number of phenols is 1. The van der Waals surface area contributed by atoms with Crippen molar-refractivity contribution in [2.45, 2.75) is 201 Å². The van der Waals surface area contributed by atoms with E-state index in [-0.39, 0.29) is 103 Å². The second-order valence-corrected chi connectivity index (χ2v) is 37.5. The van der Waals surface area contributed by atoms with Crippen molar-refractivity contribution in [2.75, 3.05) is 62.8 Å². The number of nitrogens with two attached hydrogens (primary N) is 3. The maximum atomic E-state index is 15.1. The molecule has 5 aliphatic rings. The Morgan fingerprint density at radius 2 is 1.44 bits per heavy atom. The molecule has 0 radical (unpaired) electrons. The third-order valence-electron chi connectivity index (χ3n) is 22.5. The van der Waals surface area contributed by atoms with E-state index >= 15 is 14.4 Å². The highest BCUT2D eigenvalue weighted by molar-refractivity contribution is 8.77. The van der Waals surface area contributed by atoms with Gasteiger partial charge in [0.15, 0.2) is 5.72 Å². The molecule has 19 N–H and O–H groups in total. The van der Waals surface area contributed by atoms with Crippen molar-refractivity contribution in [3.05, 3.63) is 148 Å². The number of allylic oxidation sites excluding steroid dienone is 3. The zero-order valence-electron chi connectivity index (χ0n) is 70.7. The number of fused-ring (bicyclic) bond motifs is 8. The van der Waals surface area contributed by atoms with Gasteiger partial charge in [0.1, 0.15) is 94.4 Å².